The van der Waals surface area contributed by atoms with Gasteiger partial charge in [-0.25, -0.2) is 19.9 Å². The van der Waals surface area contributed by atoms with Crippen LogP contribution in [-0.2, 0) is 9.31 Å². The number of rotatable bonds is 4. The van der Waals surface area contributed by atoms with E-state index in [2.05, 4.69) is 27.7 Å². The molecule has 7 heteroatoms. The smallest absolute Gasteiger partial charge is 0.399 e. The van der Waals surface area contributed by atoms with Crippen molar-refractivity contribution in [2.45, 2.75) is 38.9 Å². The zero-order valence-electron chi connectivity index (χ0n) is 21.3. The topological polar surface area (TPSA) is 70.0 Å². The van der Waals surface area contributed by atoms with Gasteiger partial charge in [0.25, 0.3) is 0 Å². The highest BCUT2D eigenvalue weighted by molar-refractivity contribution is 6.62. The fourth-order valence-electron chi connectivity index (χ4n) is 4.31. The third kappa shape index (κ3) is 4.41. The average Bonchev–Trinajstić information content (AvgIpc) is 3.15. The predicted molar refractivity (Wildman–Crippen MR) is 147 cm³/mol. The van der Waals surface area contributed by atoms with E-state index in [1.807, 2.05) is 91.0 Å². The van der Waals surface area contributed by atoms with Gasteiger partial charge in [-0.05, 0) is 45.3 Å². The van der Waals surface area contributed by atoms with Crippen LogP contribution < -0.4 is 5.46 Å². The van der Waals surface area contributed by atoms with E-state index in [9.17, 15) is 0 Å². The molecule has 6 nitrogen and oxygen atoms in total. The van der Waals surface area contributed by atoms with Crippen LogP contribution in [0.1, 0.15) is 27.7 Å². The molecule has 0 aliphatic carbocycles. The zero-order chi connectivity index (χ0) is 25.6. The zero-order valence-corrected chi connectivity index (χ0v) is 21.3. The predicted octanol–water partition coefficient (Wildman–Crippen LogP) is 5.72. The Balaban J connectivity index is 1.44. The molecule has 0 saturated carbocycles. The molecular formula is C30H27BN4O2. The van der Waals surface area contributed by atoms with Gasteiger partial charge < -0.3 is 9.31 Å². The molecule has 0 amide bonds. The van der Waals surface area contributed by atoms with Gasteiger partial charge in [0.05, 0.1) is 16.7 Å². The quantitative estimate of drug-likeness (QED) is 0.303. The maximum atomic E-state index is 6.26. The highest BCUT2D eigenvalue weighted by Gasteiger charge is 2.51. The first-order valence-electron chi connectivity index (χ1n) is 12.4. The average molecular weight is 486 g/mol. The fourth-order valence-corrected chi connectivity index (χ4v) is 4.31. The molecule has 182 valence electrons. The van der Waals surface area contributed by atoms with Crippen molar-refractivity contribution >= 4 is 23.5 Å². The second-order valence-electron chi connectivity index (χ2n) is 10.3. The molecule has 1 fully saturated rings. The summed E-state index contributed by atoms with van der Waals surface area (Å²) in [6, 6.07) is 30.0. The maximum absolute atomic E-state index is 6.26. The Labute approximate surface area is 216 Å². The minimum atomic E-state index is -0.452. The van der Waals surface area contributed by atoms with Crippen molar-refractivity contribution in [2.24, 2.45) is 0 Å². The third-order valence-corrected chi connectivity index (χ3v) is 7.17. The standard InChI is InChI=1S/C30H27BN4O2/c1-29(2)30(3,4)37-31(36-29)23-17-15-20-16-18-24(32-25(20)19-23)28-34-26(21-11-7-5-8-12-21)33-27(35-28)22-13-9-6-10-14-22/h5-19H,1-4H3. The summed E-state index contributed by atoms with van der Waals surface area (Å²) < 4.78 is 12.5. The molecule has 0 unspecified atom stereocenters. The van der Waals surface area contributed by atoms with Crippen molar-refractivity contribution in [1.82, 2.24) is 19.9 Å². The molecule has 0 atom stereocenters. The van der Waals surface area contributed by atoms with E-state index in [-0.39, 0.29) is 0 Å². The van der Waals surface area contributed by atoms with Crippen LogP contribution in [0.15, 0.2) is 91.0 Å². The van der Waals surface area contributed by atoms with E-state index in [0.29, 0.717) is 23.2 Å². The Bertz CT molecular complexity index is 1520. The number of benzene rings is 3. The molecule has 2 aromatic heterocycles. The van der Waals surface area contributed by atoms with E-state index in [1.54, 1.807) is 0 Å². The van der Waals surface area contributed by atoms with Gasteiger partial charge in [-0.3, -0.25) is 0 Å². The number of nitrogens with zero attached hydrogens (tertiary/aromatic N) is 4. The van der Waals surface area contributed by atoms with Crippen LogP contribution in [0.25, 0.3) is 45.2 Å². The molecule has 3 heterocycles. The monoisotopic (exact) mass is 486 g/mol. The van der Waals surface area contributed by atoms with E-state index >= 15 is 0 Å². The molecule has 5 aromatic rings. The van der Waals surface area contributed by atoms with Gasteiger partial charge >= 0.3 is 7.12 Å². The molecule has 1 aliphatic heterocycles. The summed E-state index contributed by atoms with van der Waals surface area (Å²) in [6.07, 6.45) is 0. The van der Waals surface area contributed by atoms with E-state index < -0.39 is 18.3 Å². The van der Waals surface area contributed by atoms with Crippen LogP contribution in [0.3, 0.4) is 0 Å². The summed E-state index contributed by atoms with van der Waals surface area (Å²) in [4.78, 5) is 19.3. The summed E-state index contributed by atoms with van der Waals surface area (Å²) in [6.45, 7) is 8.22. The Hall–Kier alpha value is -3.94. The minimum absolute atomic E-state index is 0.408. The lowest BCUT2D eigenvalue weighted by molar-refractivity contribution is 0.00578. The second kappa shape index (κ2) is 8.87. The Kier molecular flexibility index (Phi) is 5.62. The van der Waals surface area contributed by atoms with Gasteiger partial charge in [-0.1, -0.05) is 78.9 Å². The Morgan fingerprint density at radius 1 is 0.568 bits per heavy atom. The van der Waals surface area contributed by atoms with Crippen LogP contribution >= 0.6 is 0 Å². The van der Waals surface area contributed by atoms with Crippen molar-refractivity contribution in [3.05, 3.63) is 91.0 Å². The molecule has 0 bridgehead atoms. The summed E-state index contributed by atoms with van der Waals surface area (Å²) in [5, 5.41) is 1.02. The minimum Gasteiger partial charge on any atom is -0.399 e. The molecule has 3 aromatic carbocycles. The number of aromatic nitrogens is 4. The number of hydrogen-bond donors (Lipinski definition) is 0. The van der Waals surface area contributed by atoms with Gasteiger partial charge in [0.2, 0.25) is 0 Å². The number of hydrogen-bond acceptors (Lipinski definition) is 6. The lowest BCUT2D eigenvalue weighted by Crippen LogP contribution is -2.41. The van der Waals surface area contributed by atoms with Gasteiger partial charge in [-0.15, -0.1) is 0 Å². The Morgan fingerprint density at radius 3 is 1.65 bits per heavy atom. The van der Waals surface area contributed by atoms with E-state index in [0.717, 1.165) is 27.5 Å². The van der Waals surface area contributed by atoms with Crippen LogP contribution in [0, 0.1) is 0 Å². The summed E-state index contributed by atoms with van der Waals surface area (Å²) >= 11 is 0. The fraction of sp³-hybridized carbons (Fsp3) is 0.200. The van der Waals surface area contributed by atoms with Gasteiger partial charge in [-0.2, -0.15) is 0 Å². The molecule has 0 radical (unpaired) electrons. The second-order valence-corrected chi connectivity index (χ2v) is 10.3. The first kappa shape index (κ1) is 23.5. The van der Waals surface area contributed by atoms with Crippen LogP contribution in [0.2, 0.25) is 0 Å². The van der Waals surface area contributed by atoms with Gasteiger partial charge in [0, 0.05) is 16.5 Å². The molecule has 0 N–H and O–H groups in total. The highest BCUT2D eigenvalue weighted by atomic mass is 16.7. The molecule has 37 heavy (non-hydrogen) atoms. The lowest BCUT2D eigenvalue weighted by atomic mass is 9.79. The third-order valence-electron chi connectivity index (χ3n) is 7.17. The van der Waals surface area contributed by atoms with Crippen LogP contribution in [0.5, 0.6) is 0 Å². The van der Waals surface area contributed by atoms with E-state index in [4.69, 9.17) is 29.2 Å². The first-order valence-corrected chi connectivity index (χ1v) is 12.4. The van der Waals surface area contributed by atoms with Gasteiger partial charge in [0.15, 0.2) is 17.5 Å². The van der Waals surface area contributed by atoms with Gasteiger partial charge in [0.1, 0.15) is 5.69 Å². The van der Waals surface area contributed by atoms with Crippen molar-refractivity contribution < 1.29 is 9.31 Å². The SMILES string of the molecule is CC1(C)OB(c2ccc3ccc(-c4nc(-c5ccccc5)nc(-c5ccccc5)n4)nc3c2)OC1(C)C. The largest absolute Gasteiger partial charge is 0.494 e. The summed E-state index contributed by atoms with van der Waals surface area (Å²) in [5.74, 6) is 1.74. The van der Waals surface area contributed by atoms with Crippen LogP contribution in [0.4, 0.5) is 0 Å². The van der Waals surface area contributed by atoms with Crippen LogP contribution in [-0.4, -0.2) is 38.3 Å². The van der Waals surface area contributed by atoms with Crippen molar-refractivity contribution in [2.75, 3.05) is 0 Å². The first-order chi connectivity index (χ1) is 17.8. The lowest BCUT2D eigenvalue weighted by Gasteiger charge is -2.32. The highest BCUT2D eigenvalue weighted by Crippen LogP contribution is 2.36. The molecule has 1 saturated heterocycles. The van der Waals surface area contributed by atoms with E-state index in [1.165, 1.54) is 0 Å². The Morgan fingerprint density at radius 2 is 1.08 bits per heavy atom. The molecule has 1 aliphatic rings. The maximum Gasteiger partial charge on any atom is 0.494 e. The van der Waals surface area contributed by atoms with Crippen molar-refractivity contribution in [3.63, 3.8) is 0 Å². The molecular weight excluding hydrogens is 459 g/mol. The van der Waals surface area contributed by atoms with Crippen molar-refractivity contribution in [3.8, 4) is 34.3 Å². The summed E-state index contributed by atoms with van der Waals surface area (Å²) in [7, 11) is -0.452. The number of fused-ring (bicyclic) bond motifs is 1. The molecule has 0 spiro atoms. The van der Waals surface area contributed by atoms with Crippen molar-refractivity contribution in [1.29, 1.82) is 0 Å². The number of pyridine rings is 1. The normalized spacial score (nSPS) is 16.3. The molecule has 6 rings (SSSR count). The summed E-state index contributed by atoms with van der Waals surface area (Å²) in [5.41, 5.74) is 3.46.